The van der Waals surface area contributed by atoms with Crippen LogP contribution in [0.2, 0.25) is 0 Å². The lowest BCUT2D eigenvalue weighted by Crippen LogP contribution is -2.58. The molecule has 13 heteroatoms. The average Bonchev–Trinajstić information content (AvgIpc) is 2.67. The largest absolute Gasteiger partial charge is 0.481 e. The lowest BCUT2D eigenvalue weighted by Gasteiger charge is -2.27. The maximum Gasteiger partial charge on any atom is 0.326 e. The van der Waals surface area contributed by atoms with Gasteiger partial charge in [0.2, 0.25) is 23.6 Å². The number of carbonyl (C=O) groups excluding carboxylic acids is 4. The van der Waals surface area contributed by atoms with Crippen molar-refractivity contribution >= 4 is 35.6 Å². The van der Waals surface area contributed by atoms with Crippen molar-refractivity contribution in [3.8, 4) is 0 Å². The molecule has 0 spiro atoms. The van der Waals surface area contributed by atoms with E-state index in [1.165, 1.54) is 0 Å². The highest BCUT2D eigenvalue weighted by molar-refractivity contribution is 5.95. The van der Waals surface area contributed by atoms with Gasteiger partial charge in [-0.3, -0.25) is 24.0 Å². The van der Waals surface area contributed by atoms with Crippen LogP contribution in [0.5, 0.6) is 0 Å². The predicted molar refractivity (Wildman–Crippen MR) is 116 cm³/mol. The van der Waals surface area contributed by atoms with Crippen molar-refractivity contribution in [2.75, 3.05) is 0 Å². The van der Waals surface area contributed by atoms with Crippen LogP contribution in [-0.2, 0) is 28.8 Å². The van der Waals surface area contributed by atoms with E-state index in [2.05, 4.69) is 16.0 Å². The molecule has 0 aliphatic carbocycles. The number of primary amides is 1. The van der Waals surface area contributed by atoms with Crippen molar-refractivity contribution in [3.05, 3.63) is 0 Å². The molecule has 0 aromatic rings. The number of carbonyl (C=O) groups is 6. The minimum Gasteiger partial charge on any atom is -0.481 e. The molecule has 0 saturated heterocycles. The van der Waals surface area contributed by atoms with Crippen LogP contribution in [0, 0.1) is 11.8 Å². The van der Waals surface area contributed by atoms with Crippen LogP contribution in [-0.4, -0.2) is 69.9 Å². The lowest BCUT2D eigenvalue weighted by molar-refractivity contribution is -0.144. The molecule has 0 rings (SSSR count). The number of hydrogen-bond donors (Lipinski definition) is 7. The van der Waals surface area contributed by atoms with E-state index in [0.29, 0.717) is 0 Å². The van der Waals surface area contributed by atoms with E-state index in [9.17, 15) is 33.9 Å². The van der Waals surface area contributed by atoms with Gasteiger partial charge in [0.1, 0.15) is 18.1 Å². The minimum absolute atomic E-state index is 0.0209. The van der Waals surface area contributed by atoms with Crippen molar-refractivity contribution < 1.29 is 39.0 Å². The van der Waals surface area contributed by atoms with Crippen LogP contribution >= 0.6 is 0 Å². The first-order chi connectivity index (χ1) is 15.1. The fraction of sp³-hybridized carbons (Fsp3) is 0.700. The highest BCUT2D eigenvalue weighted by Gasteiger charge is 2.33. The third-order valence-corrected chi connectivity index (χ3v) is 4.62. The summed E-state index contributed by atoms with van der Waals surface area (Å²) >= 11 is 0. The van der Waals surface area contributed by atoms with E-state index in [4.69, 9.17) is 16.6 Å². The van der Waals surface area contributed by atoms with Gasteiger partial charge in [-0.15, -0.1) is 0 Å². The van der Waals surface area contributed by atoms with Gasteiger partial charge in [-0.1, -0.05) is 27.7 Å². The van der Waals surface area contributed by atoms with Gasteiger partial charge in [0, 0.05) is 6.42 Å². The number of amides is 4. The Bertz CT molecular complexity index is 740. The van der Waals surface area contributed by atoms with Crippen molar-refractivity contribution in [1.82, 2.24) is 16.0 Å². The average molecular weight is 474 g/mol. The molecule has 4 unspecified atom stereocenters. The summed E-state index contributed by atoms with van der Waals surface area (Å²) < 4.78 is 0. The second kappa shape index (κ2) is 14.0. The molecule has 4 amide bonds. The quantitative estimate of drug-likeness (QED) is 0.143. The number of carboxylic acid groups (broad SMARTS) is 2. The minimum atomic E-state index is -1.56. The molecular weight excluding hydrogens is 438 g/mol. The standard InChI is InChI=1S/C20H35N5O8/c1-9(2)7-13(20(32)33)24-19(31)16(10(3)4)25-18(30)12(8-15(27)28)23-17(29)11(21)5-6-14(22)26/h9-13,16H,5-8,21H2,1-4H3,(H2,22,26)(H,23,29)(H,24,31)(H,25,30)(H,27,28)(H,32,33). The maximum absolute atomic E-state index is 12.7. The van der Waals surface area contributed by atoms with E-state index in [1.54, 1.807) is 27.7 Å². The molecule has 0 aliphatic heterocycles. The van der Waals surface area contributed by atoms with Gasteiger partial charge in [0.25, 0.3) is 0 Å². The zero-order valence-electron chi connectivity index (χ0n) is 19.3. The smallest absolute Gasteiger partial charge is 0.326 e. The highest BCUT2D eigenvalue weighted by Crippen LogP contribution is 2.09. The number of carboxylic acids is 2. The van der Waals surface area contributed by atoms with Gasteiger partial charge in [0.15, 0.2) is 0 Å². The summed E-state index contributed by atoms with van der Waals surface area (Å²) in [7, 11) is 0. The van der Waals surface area contributed by atoms with Gasteiger partial charge in [-0.2, -0.15) is 0 Å². The number of rotatable bonds is 15. The van der Waals surface area contributed by atoms with Crippen LogP contribution in [0.1, 0.15) is 53.4 Å². The van der Waals surface area contributed by atoms with Crippen LogP contribution in [0.15, 0.2) is 0 Å². The van der Waals surface area contributed by atoms with Gasteiger partial charge in [-0.05, 0) is 24.7 Å². The summed E-state index contributed by atoms with van der Waals surface area (Å²) in [5, 5.41) is 25.4. The number of nitrogens with one attached hydrogen (secondary N) is 3. The molecule has 9 N–H and O–H groups in total. The van der Waals surface area contributed by atoms with Crippen LogP contribution in [0.25, 0.3) is 0 Å². The first-order valence-corrected chi connectivity index (χ1v) is 10.5. The van der Waals surface area contributed by atoms with Crippen molar-refractivity contribution in [2.24, 2.45) is 23.3 Å². The Hall–Kier alpha value is -3.22. The monoisotopic (exact) mass is 473 g/mol. The molecular formula is C20H35N5O8. The third kappa shape index (κ3) is 11.8. The van der Waals surface area contributed by atoms with Crippen molar-refractivity contribution in [2.45, 2.75) is 77.5 Å². The molecule has 0 bridgehead atoms. The second-order valence-electron chi connectivity index (χ2n) is 8.53. The van der Waals surface area contributed by atoms with E-state index in [0.717, 1.165) is 0 Å². The molecule has 4 atom stereocenters. The Labute approximate surface area is 192 Å². The van der Waals surface area contributed by atoms with Crippen LogP contribution in [0.3, 0.4) is 0 Å². The van der Waals surface area contributed by atoms with Crippen molar-refractivity contribution in [3.63, 3.8) is 0 Å². The van der Waals surface area contributed by atoms with Gasteiger partial charge >= 0.3 is 11.9 Å². The van der Waals surface area contributed by atoms with Gasteiger partial charge in [-0.25, -0.2) is 4.79 Å². The third-order valence-electron chi connectivity index (χ3n) is 4.62. The second-order valence-corrected chi connectivity index (χ2v) is 8.53. The number of aliphatic carboxylic acids is 2. The Kier molecular flexibility index (Phi) is 12.7. The summed E-state index contributed by atoms with van der Waals surface area (Å²) in [5.74, 6) is -6.40. The van der Waals surface area contributed by atoms with Crippen LogP contribution < -0.4 is 27.4 Å². The molecule has 0 saturated carbocycles. The zero-order valence-corrected chi connectivity index (χ0v) is 19.3. The first-order valence-electron chi connectivity index (χ1n) is 10.5. The Morgan fingerprint density at radius 2 is 1.36 bits per heavy atom. The summed E-state index contributed by atoms with van der Waals surface area (Å²) in [6, 6.07) is -5.13. The molecule has 0 aromatic heterocycles. The zero-order chi connectivity index (χ0) is 25.9. The molecule has 0 fully saturated rings. The van der Waals surface area contributed by atoms with Gasteiger partial charge in [0.05, 0.1) is 12.5 Å². The molecule has 0 heterocycles. The normalized spacial score (nSPS) is 14.6. The van der Waals surface area contributed by atoms with Crippen molar-refractivity contribution in [1.29, 1.82) is 0 Å². The molecule has 0 radical (unpaired) electrons. The maximum atomic E-state index is 12.7. The predicted octanol–water partition coefficient (Wildman–Crippen LogP) is -1.70. The fourth-order valence-corrected chi connectivity index (χ4v) is 2.83. The fourth-order valence-electron chi connectivity index (χ4n) is 2.83. The number of nitrogens with two attached hydrogens (primary N) is 2. The molecule has 13 nitrogen and oxygen atoms in total. The van der Waals surface area contributed by atoms with E-state index in [1.807, 2.05) is 0 Å². The molecule has 0 aliphatic rings. The summed E-state index contributed by atoms with van der Waals surface area (Å²) in [5.41, 5.74) is 10.7. The SMILES string of the molecule is CC(C)CC(NC(=O)C(NC(=O)C(CC(=O)O)NC(=O)C(N)CCC(N)=O)C(C)C)C(=O)O. The highest BCUT2D eigenvalue weighted by atomic mass is 16.4. The lowest BCUT2D eigenvalue weighted by atomic mass is 10.00. The molecule has 188 valence electrons. The topological polar surface area (TPSA) is 231 Å². The van der Waals surface area contributed by atoms with E-state index in [-0.39, 0.29) is 25.2 Å². The Morgan fingerprint density at radius 3 is 1.79 bits per heavy atom. The summed E-state index contributed by atoms with van der Waals surface area (Å²) in [6.07, 6.45) is -0.911. The van der Waals surface area contributed by atoms with Crippen LogP contribution in [0.4, 0.5) is 0 Å². The Balaban J connectivity index is 5.42. The first kappa shape index (κ1) is 29.8. The van der Waals surface area contributed by atoms with E-state index < -0.39 is 72.1 Å². The molecule has 33 heavy (non-hydrogen) atoms. The molecule has 0 aromatic carbocycles. The summed E-state index contributed by atoms with van der Waals surface area (Å²) in [4.78, 5) is 71.1. The number of hydrogen-bond acceptors (Lipinski definition) is 7. The van der Waals surface area contributed by atoms with Gasteiger partial charge < -0.3 is 37.6 Å². The van der Waals surface area contributed by atoms with E-state index >= 15 is 0 Å². The Morgan fingerprint density at radius 1 is 0.818 bits per heavy atom. The summed E-state index contributed by atoms with van der Waals surface area (Å²) in [6.45, 7) is 6.79.